The maximum atomic E-state index is 13.3. The summed E-state index contributed by atoms with van der Waals surface area (Å²) in [4.78, 5) is 42.7. The lowest BCUT2D eigenvalue weighted by Crippen LogP contribution is -2.39. The minimum absolute atomic E-state index is 0.0336. The van der Waals surface area contributed by atoms with Gasteiger partial charge in [-0.2, -0.15) is 5.10 Å². The number of nitrogens with two attached hydrogens (primary N) is 1. The van der Waals surface area contributed by atoms with Crippen LogP contribution in [0, 0.1) is 19.8 Å². The molecule has 0 radical (unpaired) electrons. The number of aryl methyl sites for hydroxylation is 1. The molecule has 1 aliphatic heterocycles. The molecule has 2 aromatic heterocycles. The number of primary amides is 1. The van der Waals surface area contributed by atoms with Gasteiger partial charge >= 0.3 is 6.09 Å². The molecular formula is C24H28N6O4. The summed E-state index contributed by atoms with van der Waals surface area (Å²) in [5.41, 5.74) is 8.48. The van der Waals surface area contributed by atoms with E-state index in [0.29, 0.717) is 53.4 Å². The van der Waals surface area contributed by atoms with Gasteiger partial charge in [-0.25, -0.2) is 9.78 Å². The molecule has 34 heavy (non-hydrogen) atoms. The molecule has 10 heteroatoms. The maximum absolute atomic E-state index is 13.3. The first-order valence-electron chi connectivity index (χ1n) is 11.2. The first-order valence-corrected chi connectivity index (χ1v) is 11.2. The number of ether oxygens (including phenoxy) is 1. The van der Waals surface area contributed by atoms with Crippen LogP contribution in [0.15, 0.2) is 30.3 Å². The number of carbonyl (C=O) groups is 3. The summed E-state index contributed by atoms with van der Waals surface area (Å²) in [5, 5.41) is 8.24. The SMILES string of the molecule is COC(=O)N1CCC(Cn2nc(C)c(NC(=O)c3cc(C(N)=O)nc4ccccc34)c2C)CC1. The van der Waals surface area contributed by atoms with Crippen LogP contribution in [0.2, 0.25) is 0 Å². The van der Waals surface area contributed by atoms with E-state index in [4.69, 9.17) is 10.5 Å². The number of anilines is 1. The summed E-state index contributed by atoms with van der Waals surface area (Å²) >= 11 is 0. The Labute approximate surface area is 197 Å². The van der Waals surface area contributed by atoms with E-state index in [1.807, 2.05) is 24.6 Å². The summed E-state index contributed by atoms with van der Waals surface area (Å²) in [6.07, 6.45) is 1.42. The molecule has 0 unspecified atom stereocenters. The van der Waals surface area contributed by atoms with Crippen molar-refractivity contribution >= 4 is 34.5 Å². The second-order valence-corrected chi connectivity index (χ2v) is 8.52. The molecule has 3 aromatic rings. The normalized spacial score (nSPS) is 14.3. The lowest BCUT2D eigenvalue weighted by Gasteiger charge is -2.31. The highest BCUT2D eigenvalue weighted by Gasteiger charge is 2.25. The molecule has 10 nitrogen and oxygen atoms in total. The number of benzene rings is 1. The van der Waals surface area contributed by atoms with Crippen LogP contribution in [0.5, 0.6) is 0 Å². The molecule has 0 bridgehead atoms. The first kappa shape index (κ1) is 23.2. The van der Waals surface area contributed by atoms with Gasteiger partial charge in [0.25, 0.3) is 11.8 Å². The van der Waals surface area contributed by atoms with E-state index < -0.39 is 5.91 Å². The van der Waals surface area contributed by atoms with E-state index in [0.717, 1.165) is 18.5 Å². The lowest BCUT2D eigenvalue weighted by molar-refractivity contribution is 0.0994. The largest absolute Gasteiger partial charge is 0.453 e. The molecule has 1 fully saturated rings. The highest BCUT2D eigenvalue weighted by atomic mass is 16.5. The predicted molar refractivity (Wildman–Crippen MR) is 127 cm³/mol. The summed E-state index contributed by atoms with van der Waals surface area (Å²) in [6.45, 7) is 5.76. The minimum atomic E-state index is -0.696. The molecule has 0 spiro atoms. The second-order valence-electron chi connectivity index (χ2n) is 8.52. The zero-order chi connectivity index (χ0) is 24.4. The quantitative estimate of drug-likeness (QED) is 0.597. The van der Waals surface area contributed by atoms with E-state index in [2.05, 4.69) is 15.4 Å². The number of piperidine rings is 1. The number of rotatable bonds is 5. The van der Waals surface area contributed by atoms with Gasteiger partial charge in [-0.05, 0) is 44.7 Å². The standard InChI is InChI=1S/C24H28N6O4/c1-14-21(15(2)30(28-14)13-16-8-10-29(11-9-16)24(33)34-3)27-23(32)18-12-20(22(25)31)26-19-7-5-4-6-17(18)19/h4-7,12,16H,8-11,13H2,1-3H3,(H2,25,31)(H,27,32). The van der Waals surface area contributed by atoms with Gasteiger partial charge in [-0.3, -0.25) is 14.3 Å². The van der Waals surface area contributed by atoms with Crippen LogP contribution in [0.1, 0.15) is 45.1 Å². The van der Waals surface area contributed by atoms with Gasteiger partial charge in [0.1, 0.15) is 5.69 Å². The molecule has 3 N–H and O–H groups in total. The molecule has 3 amide bonds. The fourth-order valence-electron chi connectivity index (χ4n) is 4.40. The Bertz CT molecular complexity index is 1260. The van der Waals surface area contributed by atoms with Crippen molar-refractivity contribution in [3.8, 4) is 0 Å². The molecule has 0 atom stereocenters. The van der Waals surface area contributed by atoms with Gasteiger partial charge < -0.3 is 20.7 Å². The Morgan fingerprint density at radius 1 is 1.18 bits per heavy atom. The van der Waals surface area contributed by atoms with Crippen molar-refractivity contribution < 1.29 is 19.1 Å². The van der Waals surface area contributed by atoms with Crippen LogP contribution in [0.25, 0.3) is 10.9 Å². The molecule has 0 aliphatic carbocycles. The second kappa shape index (κ2) is 9.50. The Morgan fingerprint density at radius 2 is 1.88 bits per heavy atom. The predicted octanol–water partition coefficient (Wildman–Crippen LogP) is 2.88. The van der Waals surface area contributed by atoms with Gasteiger partial charge in [0.2, 0.25) is 0 Å². The summed E-state index contributed by atoms with van der Waals surface area (Å²) in [7, 11) is 1.39. The van der Waals surface area contributed by atoms with E-state index in [1.54, 1.807) is 23.1 Å². The average Bonchev–Trinajstić information content (AvgIpc) is 3.10. The van der Waals surface area contributed by atoms with Crippen LogP contribution in [-0.4, -0.2) is 57.8 Å². The molecule has 1 saturated heterocycles. The third-order valence-electron chi connectivity index (χ3n) is 6.31. The van der Waals surface area contributed by atoms with Crippen LogP contribution in [0.4, 0.5) is 10.5 Å². The highest BCUT2D eigenvalue weighted by molar-refractivity contribution is 6.14. The number of amides is 3. The third-order valence-corrected chi connectivity index (χ3v) is 6.31. The molecule has 4 rings (SSSR count). The van der Waals surface area contributed by atoms with Crippen molar-refractivity contribution in [3.63, 3.8) is 0 Å². The van der Waals surface area contributed by atoms with E-state index in [9.17, 15) is 14.4 Å². The maximum Gasteiger partial charge on any atom is 0.409 e. The van der Waals surface area contributed by atoms with Crippen LogP contribution < -0.4 is 11.1 Å². The number of nitrogens with zero attached hydrogens (tertiary/aromatic N) is 4. The summed E-state index contributed by atoms with van der Waals surface area (Å²) in [5.74, 6) is -0.693. The number of hydrogen-bond acceptors (Lipinski definition) is 6. The smallest absolute Gasteiger partial charge is 0.409 e. The zero-order valence-electron chi connectivity index (χ0n) is 19.5. The fourth-order valence-corrected chi connectivity index (χ4v) is 4.40. The fraction of sp³-hybridized carbons (Fsp3) is 0.375. The van der Waals surface area contributed by atoms with Crippen molar-refractivity contribution in [3.05, 3.63) is 53.0 Å². The van der Waals surface area contributed by atoms with Crippen LogP contribution >= 0.6 is 0 Å². The number of nitrogens with one attached hydrogen (secondary N) is 1. The van der Waals surface area contributed by atoms with Gasteiger partial charge in [0.05, 0.1) is 35.3 Å². The molecule has 1 aliphatic rings. The Hall–Kier alpha value is -3.95. The molecule has 1 aromatic carbocycles. The number of pyridine rings is 1. The number of fused-ring (bicyclic) bond motifs is 1. The number of carbonyl (C=O) groups excluding carboxylic acids is 3. The number of para-hydroxylation sites is 1. The molecule has 3 heterocycles. The molecule has 0 saturated carbocycles. The molecular weight excluding hydrogens is 436 g/mol. The number of aromatic nitrogens is 3. The topological polar surface area (TPSA) is 132 Å². The van der Waals surface area contributed by atoms with Gasteiger partial charge in [0.15, 0.2) is 0 Å². The van der Waals surface area contributed by atoms with E-state index >= 15 is 0 Å². The van der Waals surface area contributed by atoms with E-state index in [1.165, 1.54) is 13.2 Å². The molecule has 178 valence electrons. The van der Waals surface area contributed by atoms with E-state index in [-0.39, 0.29) is 17.7 Å². The summed E-state index contributed by atoms with van der Waals surface area (Å²) in [6, 6.07) is 8.54. The summed E-state index contributed by atoms with van der Waals surface area (Å²) < 4.78 is 6.71. The third kappa shape index (κ3) is 4.57. The van der Waals surface area contributed by atoms with Crippen molar-refractivity contribution in [2.45, 2.75) is 33.2 Å². The van der Waals surface area contributed by atoms with Crippen molar-refractivity contribution in [2.24, 2.45) is 11.7 Å². The number of methoxy groups -OCH3 is 1. The van der Waals surface area contributed by atoms with Crippen molar-refractivity contribution in [1.29, 1.82) is 0 Å². The number of likely N-dealkylation sites (tertiary alicyclic amines) is 1. The average molecular weight is 465 g/mol. The van der Waals surface area contributed by atoms with Crippen LogP contribution in [-0.2, 0) is 11.3 Å². The monoisotopic (exact) mass is 464 g/mol. The Kier molecular flexibility index (Phi) is 6.49. The van der Waals surface area contributed by atoms with Gasteiger partial charge in [-0.15, -0.1) is 0 Å². The van der Waals surface area contributed by atoms with Crippen molar-refractivity contribution in [2.75, 3.05) is 25.5 Å². The van der Waals surface area contributed by atoms with Crippen LogP contribution in [0.3, 0.4) is 0 Å². The number of hydrogen-bond donors (Lipinski definition) is 2. The lowest BCUT2D eigenvalue weighted by atomic mass is 9.97. The zero-order valence-corrected chi connectivity index (χ0v) is 19.5. The van der Waals surface area contributed by atoms with Gasteiger partial charge in [-0.1, -0.05) is 18.2 Å². The van der Waals surface area contributed by atoms with Gasteiger partial charge in [0, 0.05) is 25.0 Å². The highest BCUT2D eigenvalue weighted by Crippen LogP contribution is 2.26. The first-order chi connectivity index (χ1) is 16.3. The van der Waals surface area contributed by atoms with Crippen molar-refractivity contribution in [1.82, 2.24) is 19.7 Å². The Morgan fingerprint density at radius 3 is 2.56 bits per heavy atom. The minimum Gasteiger partial charge on any atom is -0.453 e. The Balaban J connectivity index is 1.53.